The van der Waals surface area contributed by atoms with E-state index in [1.54, 1.807) is 0 Å². The summed E-state index contributed by atoms with van der Waals surface area (Å²) >= 11 is 0. The summed E-state index contributed by atoms with van der Waals surface area (Å²) in [5.74, 6) is 0. The number of hydrogen-bond acceptors (Lipinski definition) is 3. The Morgan fingerprint density at radius 2 is 1.94 bits per heavy atom. The molecular weight excluding hydrogens is 200 g/mol. The van der Waals surface area contributed by atoms with Crippen molar-refractivity contribution < 1.29 is 0 Å². The summed E-state index contributed by atoms with van der Waals surface area (Å²) in [5.41, 5.74) is 1.19. The van der Waals surface area contributed by atoms with Crippen LogP contribution in [0, 0.1) is 0 Å². The van der Waals surface area contributed by atoms with Gasteiger partial charge in [-0.3, -0.25) is 4.90 Å². The van der Waals surface area contributed by atoms with E-state index in [1.165, 1.54) is 18.8 Å². The predicted octanol–water partition coefficient (Wildman–Crippen LogP) is 1.21. The van der Waals surface area contributed by atoms with Gasteiger partial charge in [-0.2, -0.15) is 0 Å². The first-order chi connectivity index (χ1) is 7.65. The van der Waals surface area contributed by atoms with Crippen molar-refractivity contribution in [3.63, 3.8) is 0 Å². The van der Waals surface area contributed by atoms with Crippen molar-refractivity contribution >= 4 is 0 Å². The van der Waals surface area contributed by atoms with E-state index in [9.17, 15) is 0 Å². The third-order valence-corrected chi connectivity index (χ3v) is 3.23. The Labute approximate surface area is 97.9 Å². The summed E-state index contributed by atoms with van der Waals surface area (Å²) in [6.07, 6.45) is 4.11. The van der Waals surface area contributed by atoms with Gasteiger partial charge in [0.1, 0.15) is 0 Å². The first-order valence-corrected chi connectivity index (χ1v) is 6.08. The van der Waals surface area contributed by atoms with Gasteiger partial charge < -0.3 is 9.47 Å². The maximum Gasteiger partial charge on any atom is 0.0952 e. The van der Waals surface area contributed by atoms with Crippen LogP contribution in [0.25, 0.3) is 0 Å². The number of aromatic nitrogens is 2. The van der Waals surface area contributed by atoms with Gasteiger partial charge in [0, 0.05) is 45.0 Å². The predicted molar refractivity (Wildman–Crippen MR) is 65.4 cm³/mol. The zero-order valence-corrected chi connectivity index (χ0v) is 10.6. The highest BCUT2D eigenvalue weighted by Crippen LogP contribution is 2.09. The highest BCUT2D eigenvalue weighted by molar-refractivity contribution is 4.98. The summed E-state index contributed by atoms with van der Waals surface area (Å²) < 4.78 is 2.17. The lowest BCUT2D eigenvalue weighted by Gasteiger charge is -2.31. The smallest absolute Gasteiger partial charge is 0.0952 e. The highest BCUT2D eigenvalue weighted by Gasteiger charge is 2.14. The number of piperazine rings is 1. The minimum Gasteiger partial charge on any atom is -0.335 e. The third-order valence-electron chi connectivity index (χ3n) is 3.23. The van der Waals surface area contributed by atoms with Crippen LogP contribution in [0.2, 0.25) is 0 Å². The number of hydrogen-bond donors (Lipinski definition) is 0. The maximum atomic E-state index is 4.46. The van der Waals surface area contributed by atoms with Crippen LogP contribution in [-0.4, -0.2) is 52.6 Å². The lowest BCUT2D eigenvalue weighted by molar-refractivity contribution is 0.147. The number of nitrogens with zero attached hydrogens (tertiary/aromatic N) is 4. The standard InChI is InChI=1S/C12H22N4/c1-11(2)16-9-12(13-10-16)8-15-6-4-14(3)5-7-15/h9-11H,4-8H2,1-3H3. The Hall–Kier alpha value is -0.870. The molecule has 0 bridgehead atoms. The van der Waals surface area contributed by atoms with Crippen LogP contribution in [0.5, 0.6) is 0 Å². The van der Waals surface area contributed by atoms with Crippen LogP contribution in [0.15, 0.2) is 12.5 Å². The number of likely N-dealkylation sites (N-methyl/N-ethyl adjacent to an activating group) is 1. The maximum absolute atomic E-state index is 4.46. The van der Waals surface area contributed by atoms with Gasteiger partial charge in [0.05, 0.1) is 12.0 Å². The van der Waals surface area contributed by atoms with Crippen molar-refractivity contribution in [2.75, 3.05) is 33.2 Å². The zero-order valence-electron chi connectivity index (χ0n) is 10.6. The topological polar surface area (TPSA) is 24.3 Å². The molecule has 2 heterocycles. The fourth-order valence-corrected chi connectivity index (χ4v) is 1.98. The average molecular weight is 222 g/mol. The van der Waals surface area contributed by atoms with Crippen LogP contribution < -0.4 is 0 Å². The molecule has 90 valence electrons. The van der Waals surface area contributed by atoms with Crippen molar-refractivity contribution in [1.29, 1.82) is 0 Å². The zero-order chi connectivity index (χ0) is 11.5. The molecule has 1 aromatic rings. The molecule has 0 saturated carbocycles. The van der Waals surface area contributed by atoms with Crippen molar-refractivity contribution in [3.8, 4) is 0 Å². The Bertz CT molecular complexity index is 324. The summed E-state index contributed by atoms with van der Waals surface area (Å²) in [7, 11) is 2.19. The minimum atomic E-state index is 0.508. The number of rotatable bonds is 3. The quantitative estimate of drug-likeness (QED) is 0.768. The summed E-state index contributed by atoms with van der Waals surface area (Å²) in [6.45, 7) is 10.0. The van der Waals surface area contributed by atoms with Gasteiger partial charge >= 0.3 is 0 Å². The van der Waals surface area contributed by atoms with Crippen LogP contribution in [0.1, 0.15) is 25.6 Å². The molecule has 0 aliphatic carbocycles. The third kappa shape index (κ3) is 2.83. The molecule has 0 amide bonds. The lowest BCUT2D eigenvalue weighted by Crippen LogP contribution is -2.43. The molecule has 0 radical (unpaired) electrons. The van der Waals surface area contributed by atoms with E-state index in [0.717, 1.165) is 19.6 Å². The summed E-state index contributed by atoms with van der Waals surface area (Å²) in [6, 6.07) is 0.508. The van der Waals surface area contributed by atoms with Gasteiger partial charge in [0.15, 0.2) is 0 Å². The molecule has 0 aromatic carbocycles. The summed E-state index contributed by atoms with van der Waals surface area (Å²) in [4.78, 5) is 9.32. The minimum absolute atomic E-state index is 0.508. The molecular formula is C12H22N4. The molecule has 1 fully saturated rings. The second kappa shape index (κ2) is 4.97. The SMILES string of the molecule is CC(C)n1cnc(CN2CCN(C)CC2)c1. The van der Waals surface area contributed by atoms with Gasteiger partial charge in [0.25, 0.3) is 0 Å². The molecule has 0 N–H and O–H groups in total. The fraction of sp³-hybridized carbons (Fsp3) is 0.750. The molecule has 1 aliphatic rings. The van der Waals surface area contributed by atoms with E-state index < -0.39 is 0 Å². The van der Waals surface area contributed by atoms with Crippen molar-refractivity contribution in [2.24, 2.45) is 0 Å². The molecule has 1 saturated heterocycles. The van der Waals surface area contributed by atoms with Crippen LogP contribution in [0.4, 0.5) is 0 Å². The molecule has 16 heavy (non-hydrogen) atoms. The second-order valence-electron chi connectivity index (χ2n) is 4.99. The van der Waals surface area contributed by atoms with Crippen molar-refractivity contribution in [1.82, 2.24) is 19.4 Å². The van der Waals surface area contributed by atoms with Gasteiger partial charge in [-0.15, -0.1) is 0 Å². The van der Waals surface area contributed by atoms with Gasteiger partial charge in [-0.05, 0) is 20.9 Å². The summed E-state index contributed by atoms with van der Waals surface area (Å²) in [5, 5.41) is 0. The van der Waals surface area contributed by atoms with Gasteiger partial charge in [-0.1, -0.05) is 0 Å². The molecule has 1 aliphatic heterocycles. The van der Waals surface area contributed by atoms with E-state index in [1.807, 2.05) is 6.33 Å². The van der Waals surface area contributed by atoms with E-state index in [2.05, 4.69) is 46.4 Å². The Morgan fingerprint density at radius 3 is 2.50 bits per heavy atom. The van der Waals surface area contributed by atoms with Crippen LogP contribution in [0.3, 0.4) is 0 Å². The molecule has 1 aromatic heterocycles. The molecule has 0 spiro atoms. The molecule has 0 atom stereocenters. The van der Waals surface area contributed by atoms with E-state index in [4.69, 9.17) is 0 Å². The Kier molecular flexibility index (Phi) is 3.61. The molecule has 4 nitrogen and oxygen atoms in total. The van der Waals surface area contributed by atoms with Crippen molar-refractivity contribution in [3.05, 3.63) is 18.2 Å². The van der Waals surface area contributed by atoms with Crippen LogP contribution >= 0.6 is 0 Å². The van der Waals surface area contributed by atoms with Crippen LogP contribution in [-0.2, 0) is 6.54 Å². The van der Waals surface area contributed by atoms with E-state index in [-0.39, 0.29) is 0 Å². The Morgan fingerprint density at radius 1 is 1.25 bits per heavy atom. The fourth-order valence-electron chi connectivity index (χ4n) is 1.98. The van der Waals surface area contributed by atoms with Crippen molar-refractivity contribution in [2.45, 2.75) is 26.4 Å². The average Bonchev–Trinajstić information content (AvgIpc) is 2.70. The van der Waals surface area contributed by atoms with Gasteiger partial charge in [-0.25, -0.2) is 4.98 Å². The normalized spacial score (nSPS) is 19.5. The number of imidazole rings is 1. The molecule has 2 rings (SSSR count). The Balaban J connectivity index is 1.88. The van der Waals surface area contributed by atoms with E-state index in [0.29, 0.717) is 6.04 Å². The van der Waals surface area contributed by atoms with E-state index >= 15 is 0 Å². The first-order valence-electron chi connectivity index (χ1n) is 6.08. The highest BCUT2D eigenvalue weighted by atomic mass is 15.2. The first kappa shape index (κ1) is 11.6. The molecule has 4 heteroatoms. The second-order valence-corrected chi connectivity index (χ2v) is 4.99. The molecule has 0 unspecified atom stereocenters. The largest absolute Gasteiger partial charge is 0.335 e. The lowest BCUT2D eigenvalue weighted by atomic mass is 10.3. The van der Waals surface area contributed by atoms with Gasteiger partial charge in [0.2, 0.25) is 0 Å². The monoisotopic (exact) mass is 222 g/mol.